The molecule has 0 aromatic heterocycles. The van der Waals surface area contributed by atoms with E-state index < -0.39 is 0 Å². The zero-order valence-electron chi connectivity index (χ0n) is 6.21. The fourth-order valence-electron chi connectivity index (χ4n) is 0.892. The van der Waals surface area contributed by atoms with Crippen molar-refractivity contribution in [3.05, 3.63) is 18.7 Å². The Morgan fingerprint density at radius 3 is 2.70 bits per heavy atom. The summed E-state index contributed by atoms with van der Waals surface area (Å²) in [5.41, 5.74) is 1.21. The van der Waals surface area contributed by atoms with Crippen molar-refractivity contribution >= 4 is 6.21 Å². The van der Waals surface area contributed by atoms with Gasteiger partial charge in [0.05, 0.1) is 0 Å². The molecule has 0 fully saturated rings. The van der Waals surface area contributed by atoms with E-state index in [1.54, 1.807) is 0 Å². The van der Waals surface area contributed by atoms with Crippen molar-refractivity contribution in [1.82, 2.24) is 0 Å². The summed E-state index contributed by atoms with van der Waals surface area (Å²) in [7, 11) is 0. The molecule has 10 heavy (non-hydrogen) atoms. The average Bonchev–Trinajstić information content (AvgIpc) is 2.34. The predicted molar refractivity (Wildman–Crippen MR) is 40.3 cm³/mol. The maximum atomic E-state index is 4.20. The molecule has 1 aliphatic heterocycles. The van der Waals surface area contributed by atoms with Crippen molar-refractivity contribution in [3.8, 4) is 0 Å². The van der Waals surface area contributed by atoms with Crippen molar-refractivity contribution in [1.29, 1.82) is 0 Å². The van der Waals surface area contributed by atoms with Gasteiger partial charge in [0.15, 0.2) is 0 Å². The minimum atomic E-state index is 0. The smallest absolute Gasteiger partial charge is 0.0362 e. The Bertz CT molecular complexity index is 149. The van der Waals surface area contributed by atoms with Crippen molar-refractivity contribution in [2.75, 3.05) is 0 Å². The standard InChI is InChI=1S/C8H12N.W/c1-3-7-5-8(4-2)9-6-7;/h5-7H,1,3-4H2,2H3;/q-1;. The Morgan fingerprint density at radius 1 is 1.70 bits per heavy atom. The molecule has 0 aromatic carbocycles. The van der Waals surface area contributed by atoms with Crippen molar-refractivity contribution in [3.63, 3.8) is 0 Å². The fraction of sp³-hybridized carbons (Fsp3) is 0.500. The molecule has 1 atom stereocenters. The van der Waals surface area contributed by atoms with Crippen LogP contribution in [0.5, 0.6) is 0 Å². The average molecular weight is 306 g/mol. The molecule has 2 heteroatoms. The Hall–Kier alpha value is 0.0983. The normalized spacial score (nSPS) is 22.2. The summed E-state index contributed by atoms with van der Waals surface area (Å²) in [5, 5.41) is 0. The number of rotatable bonds is 2. The molecule has 1 heterocycles. The molecular weight excluding hydrogens is 294 g/mol. The third-order valence-corrected chi connectivity index (χ3v) is 1.53. The van der Waals surface area contributed by atoms with Gasteiger partial charge >= 0.3 is 0 Å². The van der Waals surface area contributed by atoms with Crippen LogP contribution in [0.3, 0.4) is 0 Å². The summed E-state index contributed by atoms with van der Waals surface area (Å²) >= 11 is 0. The van der Waals surface area contributed by atoms with E-state index >= 15 is 0 Å². The summed E-state index contributed by atoms with van der Waals surface area (Å²) < 4.78 is 0. The second-order valence-corrected chi connectivity index (χ2v) is 2.24. The topological polar surface area (TPSA) is 12.4 Å². The second kappa shape index (κ2) is 4.84. The number of hydrogen-bond acceptors (Lipinski definition) is 1. The predicted octanol–water partition coefficient (Wildman–Crippen LogP) is 2.20. The molecule has 0 spiro atoms. The third kappa shape index (κ3) is 2.38. The Labute approximate surface area is 76.9 Å². The van der Waals surface area contributed by atoms with E-state index in [1.165, 1.54) is 5.70 Å². The van der Waals surface area contributed by atoms with Gasteiger partial charge in [0.2, 0.25) is 0 Å². The van der Waals surface area contributed by atoms with Gasteiger partial charge in [-0.2, -0.15) is 6.42 Å². The number of allylic oxidation sites excluding steroid dienone is 2. The van der Waals surface area contributed by atoms with Gasteiger partial charge in [-0.25, -0.2) is 0 Å². The van der Waals surface area contributed by atoms with Crippen LogP contribution in [0.15, 0.2) is 16.8 Å². The Balaban J connectivity index is 0.000000810. The second-order valence-electron chi connectivity index (χ2n) is 2.24. The molecular formula is C8H12NW-. The summed E-state index contributed by atoms with van der Waals surface area (Å²) in [6, 6.07) is 0. The zero-order valence-corrected chi connectivity index (χ0v) is 9.14. The first-order valence-corrected chi connectivity index (χ1v) is 3.41. The fourth-order valence-corrected chi connectivity index (χ4v) is 0.892. The van der Waals surface area contributed by atoms with Crippen molar-refractivity contribution in [2.24, 2.45) is 10.9 Å². The van der Waals surface area contributed by atoms with Gasteiger partial charge in [-0.05, 0) is 12.3 Å². The van der Waals surface area contributed by atoms with Crippen LogP contribution in [0.2, 0.25) is 0 Å². The zero-order chi connectivity index (χ0) is 6.69. The first-order valence-electron chi connectivity index (χ1n) is 3.41. The summed E-state index contributed by atoms with van der Waals surface area (Å²) in [6.07, 6.45) is 6.15. The number of nitrogens with zero attached hydrogens (tertiary/aromatic N) is 1. The van der Waals surface area contributed by atoms with Crippen LogP contribution in [0, 0.1) is 12.8 Å². The molecule has 0 saturated carbocycles. The summed E-state index contributed by atoms with van der Waals surface area (Å²) in [6.45, 7) is 5.92. The van der Waals surface area contributed by atoms with Gasteiger partial charge in [0.1, 0.15) is 0 Å². The van der Waals surface area contributed by atoms with Gasteiger partial charge in [-0.1, -0.05) is 13.0 Å². The van der Waals surface area contributed by atoms with E-state index in [1.807, 2.05) is 6.21 Å². The van der Waals surface area contributed by atoms with Crippen LogP contribution < -0.4 is 0 Å². The number of aliphatic imine (C=N–C) groups is 1. The van der Waals surface area contributed by atoms with Gasteiger partial charge in [0.25, 0.3) is 0 Å². The molecule has 0 aromatic rings. The minimum Gasteiger partial charge on any atom is -0.342 e. The van der Waals surface area contributed by atoms with E-state index in [0.29, 0.717) is 5.92 Å². The summed E-state index contributed by atoms with van der Waals surface area (Å²) in [5.74, 6) is 0.514. The molecule has 0 bridgehead atoms. The molecule has 0 aliphatic carbocycles. The molecule has 56 valence electrons. The molecule has 1 unspecified atom stereocenters. The Morgan fingerprint density at radius 2 is 2.40 bits per heavy atom. The molecule has 0 amide bonds. The van der Waals surface area contributed by atoms with E-state index in [9.17, 15) is 0 Å². The van der Waals surface area contributed by atoms with Crippen LogP contribution >= 0.6 is 0 Å². The van der Waals surface area contributed by atoms with Gasteiger partial charge in [0, 0.05) is 33.0 Å². The molecule has 1 rings (SSSR count). The SMILES string of the molecule is [CH2-]CC1C=NC(CC)=C1.[W]. The monoisotopic (exact) mass is 306 g/mol. The maximum Gasteiger partial charge on any atom is 0.0362 e. The molecule has 1 aliphatic rings. The number of hydrogen-bond donors (Lipinski definition) is 0. The van der Waals surface area contributed by atoms with Crippen LogP contribution in [0.25, 0.3) is 0 Å². The van der Waals surface area contributed by atoms with Gasteiger partial charge in [-0.15, -0.1) is 0 Å². The van der Waals surface area contributed by atoms with Crippen LogP contribution in [0.1, 0.15) is 19.8 Å². The quantitative estimate of drug-likeness (QED) is 0.694. The minimum absolute atomic E-state index is 0. The van der Waals surface area contributed by atoms with Crippen molar-refractivity contribution in [2.45, 2.75) is 19.8 Å². The molecule has 0 radical (unpaired) electrons. The molecule has 0 N–H and O–H groups in total. The van der Waals surface area contributed by atoms with E-state index in [2.05, 4.69) is 24.9 Å². The van der Waals surface area contributed by atoms with E-state index in [4.69, 9.17) is 0 Å². The Kier molecular flexibility index (Phi) is 4.89. The van der Waals surface area contributed by atoms with Crippen LogP contribution in [0.4, 0.5) is 0 Å². The largest absolute Gasteiger partial charge is 0.342 e. The van der Waals surface area contributed by atoms with E-state index in [-0.39, 0.29) is 21.1 Å². The van der Waals surface area contributed by atoms with Crippen molar-refractivity contribution < 1.29 is 21.1 Å². The van der Waals surface area contributed by atoms with Gasteiger partial charge in [-0.3, -0.25) is 4.99 Å². The third-order valence-electron chi connectivity index (χ3n) is 1.53. The van der Waals surface area contributed by atoms with E-state index in [0.717, 1.165) is 12.8 Å². The van der Waals surface area contributed by atoms with Crippen LogP contribution in [-0.2, 0) is 21.1 Å². The summed E-state index contributed by atoms with van der Waals surface area (Å²) in [4.78, 5) is 4.20. The molecule has 1 nitrogen and oxygen atoms in total. The molecule has 0 saturated heterocycles. The van der Waals surface area contributed by atoms with Gasteiger partial charge < -0.3 is 6.92 Å². The first-order chi connectivity index (χ1) is 4.36. The first kappa shape index (κ1) is 10.1. The van der Waals surface area contributed by atoms with Crippen LogP contribution in [-0.4, -0.2) is 6.21 Å². The maximum absolute atomic E-state index is 4.20.